The van der Waals surface area contributed by atoms with Crippen LogP contribution in [0.2, 0.25) is 0 Å². The van der Waals surface area contributed by atoms with Gasteiger partial charge in [0.25, 0.3) is 0 Å². The molecule has 0 saturated heterocycles. The van der Waals surface area contributed by atoms with Crippen LogP contribution in [0.1, 0.15) is 24.4 Å². The molecule has 3 heteroatoms. The standard InChI is InChI=1S/C14H18N2O/c1-16-8-11(10-4-2-3-5-12(10)16)13(15)14(9-17)6-7-14/h2-5,8,13,17H,6-7,9,15H2,1H3. The molecule has 1 heterocycles. The summed E-state index contributed by atoms with van der Waals surface area (Å²) in [6.07, 6.45) is 4.17. The van der Waals surface area contributed by atoms with E-state index in [1.165, 1.54) is 10.9 Å². The van der Waals surface area contributed by atoms with Crippen molar-refractivity contribution in [2.75, 3.05) is 6.61 Å². The predicted molar refractivity (Wildman–Crippen MR) is 68.6 cm³/mol. The van der Waals surface area contributed by atoms with E-state index >= 15 is 0 Å². The lowest BCUT2D eigenvalue weighted by Gasteiger charge is -2.20. The van der Waals surface area contributed by atoms with Gasteiger partial charge in [-0.2, -0.15) is 0 Å². The minimum atomic E-state index is -0.0654. The van der Waals surface area contributed by atoms with E-state index in [4.69, 9.17) is 5.73 Å². The number of hydrogen-bond acceptors (Lipinski definition) is 2. The molecule has 17 heavy (non-hydrogen) atoms. The van der Waals surface area contributed by atoms with Crippen molar-refractivity contribution in [3.05, 3.63) is 36.0 Å². The lowest BCUT2D eigenvalue weighted by Crippen LogP contribution is -2.25. The summed E-state index contributed by atoms with van der Waals surface area (Å²) in [5.41, 5.74) is 8.65. The minimum Gasteiger partial charge on any atom is -0.396 e. The van der Waals surface area contributed by atoms with E-state index in [9.17, 15) is 5.11 Å². The Hall–Kier alpha value is -1.32. The predicted octanol–water partition coefficient (Wildman–Crippen LogP) is 1.95. The molecule has 1 unspecified atom stereocenters. The van der Waals surface area contributed by atoms with Crippen LogP contribution in [-0.2, 0) is 7.05 Å². The SMILES string of the molecule is Cn1cc(C(N)C2(CO)CC2)c2ccccc21. The van der Waals surface area contributed by atoms with Gasteiger partial charge in [-0.1, -0.05) is 18.2 Å². The van der Waals surface area contributed by atoms with Crippen molar-refractivity contribution < 1.29 is 5.11 Å². The summed E-state index contributed by atoms with van der Waals surface area (Å²) in [4.78, 5) is 0. The summed E-state index contributed by atoms with van der Waals surface area (Å²) in [6.45, 7) is 0.192. The van der Waals surface area contributed by atoms with Crippen molar-refractivity contribution in [2.45, 2.75) is 18.9 Å². The van der Waals surface area contributed by atoms with Gasteiger partial charge in [0.2, 0.25) is 0 Å². The molecule has 1 aliphatic carbocycles. The third kappa shape index (κ3) is 1.50. The quantitative estimate of drug-likeness (QED) is 0.846. The van der Waals surface area contributed by atoms with E-state index in [2.05, 4.69) is 22.9 Å². The van der Waals surface area contributed by atoms with Crippen molar-refractivity contribution in [3.63, 3.8) is 0 Å². The zero-order valence-corrected chi connectivity index (χ0v) is 10.1. The first-order chi connectivity index (χ1) is 8.18. The van der Waals surface area contributed by atoms with Crippen molar-refractivity contribution in [3.8, 4) is 0 Å². The Kier molecular flexibility index (Phi) is 2.28. The van der Waals surface area contributed by atoms with Crippen LogP contribution >= 0.6 is 0 Å². The van der Waals surface area contributed by atoms with Crippen molar-refractivity contribution in [2.24, 2.45) is 18.2 Å². The molecule has 3 rings (SSSR count). The lowest BCUT2D eigenvalue weighted by molar-refractivity contribution is 0.188. The monoisotopic (exact) mass is 230 g/mol. The Morgan fingerprint density at radius 2 is 2.12 bits per heavy atom. The van der Waals surface area contributed by atoms with Crippen LogP contribution < -0.4 is 5.73 Å². The van der Waals surface area contributed by atoms with E-state index < -0.39 is 0 Å². The number of para-hydroxylation sites is 1. The number of hydrogen-bond donors (Lipinski definition) is 2. The highest BCUT2D eigenvalue weighted by Crippen LogP contribution is 2.54. The maximum atomic E-state index is 9.48. The van der Waals surface area contributed by atoms with Crippen LogP contribution in [0.5, 0.6) is 0 Å². The number of aromatic nitrogens is 1. The molecule has 0 bridgehead atoms. The topological polar surface area (TPSA) is 51.2 Å². The molecule has 0 amide bonds. The van der Waals surface area contributed by atoms with Crippen LogP contribution in [0.15, 0.2) is 30.5 Å². The minimum absolute atomic E-state index is 0.0569. The molecule has 0 radical (unpaired) electrons. The highest BCUT2D eigenvalue weighted by Gasteiger charge is 2.48. The van der Waals surface area contributed by atoms with Gasteiger partial charge in [-0.05, 0) is 24.5 Å². The molecule has 1 fully saturated rings. The average molecular weight is 230 g/mol. The van der Waals surface area contributed by atoms with Gasteiger partial charge in [-0.25, -0.2) is 0 Å². The van der Waals surface area contributed by atoms with Gasteiger partial charge in [-0.3, -0.25) is 0 Å². The van der Waals surface area contributed by atoms with Crippen molar-refractivity contribution >= 4 is 10.9 Å². The molecule has 1 atom stereocenters. The van der Waals surface area contributed by atoms with Crippen LogP contribution in [-0.4, -0.2) is 16.3 Å². The molecule has 2 aromatic rings. The van der Waals surface area contributed by atoms with Crippen LogP contribution in [0.3, 0.4) is 0 Å². The van der Waals surface area contributed by atoms with Gasteiger partial charge < -0.3 is 15.4 Å². The Morgan fingerprint density at radius 1 is 1.41 bits per heavy atom. The fourth-order valence-electron chi connectivity index (χ4n) is 2.68. The maximum Gasteiger partial charge on any atom is 0.0505 e. The van der Waals surface area contributed by atoms with Crippen molar-refractivity contribution in [1.29, 1.82) is 0 Å². The maximum absolute atomic E-state index is 9.48. The first kappa shape index (κ1) is 10.8. The molecular formula is C14H18N2O. The van der Waals surface area contributed by atoms with Crippen LogP contribution in [0, 0.1) is 5.41 Å². The second-order valence-electron chi connectivity index (χ2n) is 5.21. The molecule has 1 saturated carbocycles. The Bertz CT molecular complexity index is 554. The molecule has 90 valence electrons. The second-order valence-corrected chi connectivity index (χ2v) is 5.21. The number of aryl methyl sites for hydroxylation is 1. The first-order valence-electron chi connectivity index (χ1n) is 6.08. The third-order valence-corrected chi connectivity index (χ3v) is 4.13. The molecule has 0 spiro atoms. The van der Waals surface area contributed by atoms with Gasteiger partial charge in [0.1, 0.15) is 0 Å². The second kappa shape index (κ2) is 3.59. The number of aliphatic hydroxyl groups is 1. The average Bonchev–Trinajstić information content (AvgIpc) is 3.10. The van der Waals surface area contributed by atoms with Gasteiger partial charge in [0, 0.05) is 35.6 Å². The van der Waals surface area contributed by atoms with E-state index in [1.54, 1.807) is 0 Å². The van der Waals surface area contributed by atoms with Gasteiger partial charge in [-0.15, -0.1) is 0 Å². The first-order valence-corrected chi connectivity index (χ1v) is 6.08. The highest BCUT2D eigenvalue weighted by atomic mass is 16.3. The fraction of sp³-hybridized carbons (Fsp3) is 0.429. The van der Waals surface area contributed by atoms with Gasteiger partial charge >= 0.3 is 0 Å². The molecule has 0 aliphatic heterocycles. The smallest absolute Gasteiger partial charge is 0.0505 e. The molecule has 1 aliphatic rings. The van der Waals surface area contributed by atoms with E-state index in [1.807, 2.05) is 19.2 Å². The number of nitrogens with two attached hydrogens (primary N) is 1. The molecule has 3 nitrogen and oxygen atoms in total. The zero-order valence-electron chi connectivity index (χ0n) is 10.1. The number of benzene rings is 1. The Labute approximate surface area is 101 Å². The molecular weight excluding hydrogens is 212 g/mol. The normalized spacial score (nSPS) is 19.5. The zero-order chi connectivity index (χ0) is 12.0. The Morgan fingerprint density at radius 3 is 2.76 bits per heavy atom. The van der Waals surface area contributed by atoms with Crippen LogP contribution in [0.4, 0.5) is 0 Å². The van der Waals surface area contributed by atoms with E-state index in [0.29, 0.717) is 0 Å². The fourth-order valence-corrected chi connectivity index (χ4v) is 2.68. The highest BCUT2D eigenvalue weighted by molar-refractivity contribution is 5.84. The lowest BCUT2D eigenvalue weighted by atomic mass is 9.91. The number of fused-ring (bicyclic) bond motifs is 1. The van der Waals surface area contributed by atoms with Crippen molar-refractivity contribution in [1.82, 2.24) is 4.57 Å². The van der Waals surface area contributed by atoms with E-state index in [-0.39, 0.29) is 18.1 Å². The summed E-state index contributed by atoms with van der Waals surface area (Å²) in [7, 11) is 2.04. The number of nitrogens with zero attached hydrogens (tertiary/aromatic N) is 1. The summed E-state index contributed by atoms with van der Waals surface area (Å²) in [5.74, 6) is 0. The number of aliphatic hydroxyl groups excluding tert-OH is 1. The Balaban J connectivity index is 2.12. The number of rotatable bonds is 3. The molecule has 1 aromatic carbocycles. The van der Waals surface area contributed by atoms with Gasteiger partial charge in [0.05, 0.1) is 6.61 Å². The third-order valence-electron chi connectivity index (χ3n) is 4.13. The molecule has 1 aromatic heterocycles. The van der Waals surface area contributed by atoms with Crippen LogP contribution in [0.25, 0.3) is 10.9 Å². The summed E-state index contributed by atoms with van der Waals surface area (Å²) in [6, 6.07) is 8.23. The largest absolute Gasteiger partial charge is 0.396 e. The molecule has 3 N–H and O–H groups in total. The summed E-state index contributed by atoms with van der Waals surface area (Å²) in [5, 5.41) is 10.7. The summed E-state index contributed by atoms with van der Waals surface area (Å²) < 4.78 is 2.11. The van der Waals surface area contributed by atoms with Gasteiger partial charge in [0.15, 0.2) is 0 Å². The van der Waals surface area contributed by atoms with E-state index in [0.717, 1.165) is 18.4 Å². The summed E-state index contributed by atoms with van der Waals surface area (Å²) >= 11 is 0.